The second kappa shape index (κ2) is 7.75. The molecule has 1 aromatic heterocycles. The summed E-state index contributed by atoms with van der Waals surface area (Å²) in [4.78, 5) is 19.5. The number of nitrogens with zero attached hydrogens (tertiary/aromatic N) is 1. The summed E-state index contributed by atoms with van der Waals surface area (Å²) >= 11 is 0. The van der Waals surface area contributed by atoms with Gasteiger partial charge >= 0.3 is 6.18 Å². The lowest BCUT2D eigenvalue weighted by Gasteiger charge is -2.18. The molecule has 0 spiro atoms. The van der Waals surface area contributed by atoms with Crippen molar-refractivity contribution in [1.82, 2.24) is 9.97 Å². The number of aromatic nitrogens is 2. The number of H-pyrrole nitrogens is 1. The van der Waals surface area contributed by atoms with Gasteiger partial charge in [-0.3, -0.25) is 4.79 Å². The van der Waals surface area contributed by atoms with E-state index in [0.29, 0.717) is 23.7 Å². The highest BCUT2D eigenvalue weighted by Crippen LogP contribution is 2.32. The van der Waals surface area contributed by atoms with Gasteiger partial charge in [-0.2, -0.15) is 13.2 Å². The van der Waals surface area contributed by atoms with E-state index in [9.17, 15) is 23.1 Å². The van der Waals surface area contributed by atoms with E-state index in [0.717, 1.165) is 25.0 Å². The summed E-state index contributed by atoms with van der Waals surface area (Å²) in [5.41, 5.74) is -1.05. The molecule has 3 rings (SSSR count). The van der Waals surface area contributed by atoms with Gasteiger partial charge in [0, 0.05) is 12.5 Å². The van der Waals surface area contributed by atoms with Gasteiger partial charge in [0.2, 0.25) is 0 Å². The highest BCUT2D eigenvalue weighted by Gasteiger charge is 2.30. The largest absolute Gasteiger partial charge is 0.416 e. The Labute approximate surface area is 159 Å². The summed E-state index contributed by atoms with van der Waals surface area (Å²) in [6.45, 7) is 1.09. The van der Waals surface area contributed by atoms with Gasteiger partial charge in [0.1, 0.15) is 17.2 Å². The molecule has 0 bridgehead atoms. The van der Waals surface area contributed by atoms with Gasteiger partial charge in [-0.05, 0) is 43.4 Å². The van der Waals surface area contributed by atoms with Gasteiger partial charge < -0.3 is 20.8 Å². The molecular weight excluding hydrogens is 373 g/mol. The first-order chi connectivity index (χ1) is 13.2. The molecule has 0 amide bonds. The van der Waals surface area contributed by atoms with E-state index in [1.807, 2.05) is 0 Å². The lowest BCUT2D eigenvalue weighted by Crippen LogP contribution is -2.26. The topological polar surface area (TPSA) is 102 Å². The van der Waals surface area contributed by atoms with Crippen LogP contribution in [0, 0.1) is 11.3 Å². The number of aromatic amines is 1. The summed E-state index contributed by atoms with van der Waals surface area (Å²) in [6.07, 6.45) is -1.65. The van der Waals surface area contributed by atoms with Gasteiger partial charge in [-0.1, -0.05) is 12.1 Å². The molecule has 1 heterocycles. The van der Waals surface area contributed by atoms with Gasteiger partial charge in [-0.25, -0.2) is 4.98 Å². The maximum atomic E-state index is 12.7. The second-order valence-corrected chi connectivity index (χ2v) is 7.01. The Morgan fingerprint density at radius 2 is 2.00 bits per heavy atom. The quantitative estimate of drug-likeness (QED) is 0.541. The molecule has 1 unspecified atom stereocenters. The molecule has 1 aliphatic rings. The first kappa shape index (κ1) is 20.1. The Kier molecular flexibility index (Phi) is 5.55. The van der Waals surface area contributed by atoms with Crippen LogP contribution in [0.5, 0.6) is 0 Å². The molecule has 1 saturated carbocycles. The zero-order valence-corrected chi connectivity index (χ0v) is 15.2. The number of nitrogens with one attached hydrogen (secondary N) is 3. The molecule has 150 valence electrons. The highest BCUT2D eigenvalue weighted by atomic mass is 19.4. The van der Waals surface area contributed by atoms with Crippen molar-refractivity contribution < 1.29 is 18.3 Å². The molecule has 2 aromatic rings. The van der Waals surface area contributed by atoms with Crippen molar-refractivity contribution in [3.63, 3.8) is 0 Å². The van der Waals surface area contributed by atoms with E-state index in [1.165, 1.54) is 12.1 Å². The van der Waals surface area contributed by atoms with E-state index in [-0.39, 0.29) is 17.1 Å². The Morgan fingerprint density at radius 1 is 1.36 bits per heavy atom. The third-order valence-corrected chi connectivity index (χ3v) is 4.70. The number of aliphatic hydroxyl groups is 1. The Balaban J connectivity index is 1.89. The van der Waals surface area contributed by atoms with Crippen molar-refractivity contribution in [3.05, 3.63) is 57.1 Å². The van der Waals surface area contributed by atoms with Gasteiger partial charge in [0.25, 0.3) is 5.56 Å². The van der Waals surface area contributed by atoms with Crippen LogP contribution < -0.4 is 10.9 Å². The third-order valence-electron chi connectivity index (χ3n) is 4.70. The van der Waals surface area contributed by atoms with Gasteiger partial charge in [-0.15, -0.1) is 0 Å². The minimum absolute atomic E-state index is 0.0687. The summed E-state index contributed by atoms with van der Waals surface area (Å²) in [6, 6.07) is 4.24. The number of hydrogen-bond acceptors (Lipinski definition) is 5. The highest BCUT2D eigenvalue weighted by molar-refractivity contribution is 6.02. The van der Waals surface area contributed by atoms with E-state index in [2.05, 4.69) is 15.3 Å². The van der Waals surface area contributed by atoms with Crippen LogP contribution in [0.15, 0.2) is 29.1 Å². The number of halogens is 3. The predicted octanol–water partition coefficient (Wildman–Crippen LogP) is 3.27. The molecule has 1 atom stereocenters. The lowest BCUT2D eigenvalue weighted by atomic mass is 10.1. The second-order valence-electron chi connectivity index (χ2n) is 7.01. The van der Waals surface area contributed by atoms with Crippen LogP contribution >= 0.6 is 0 Å². The van der Waals surface area contributed by atoms with Crippen molar-refractivity contribution in [1.29, 1.82) is 5.41 Å². The molecule has 1 aliphatic carbocycles. The molecule has 4 N–H and O–H groups in total. The van der Waals surface area contributed by atoms with E-state index in [1.54, 1.807) is 6.92 Å². The molecule has 0 aliphatic heterocycles. The molecule has 28 heavy (non-hydrogen) atoms. The van der Waals surface area contributed by atoms with E-state index >= 15 is 0 Å². The molecule has 0 saturated heterocycles. The normalized spacial score (nSPS) is 15.3. The molecule has 0 radical (unpaired) electrons. The number of aliphatic hydroxyl groups excluding tert-OH is 1. The fraction of sp³-hybridized carbons (Fsp3) is 0.421. The average Bonchev–Trinajstić information content (AvgIpc) is 3.44. The maximum absolute atomic E-state index is 12.7. The minimum atomic E-state index is -4.41. The van der Waals surface area contributed by atoms with Crippen LogP contribution in [0.1, 0.15) is 48.3 Å². The number of benzene rings is 1. The standard InChI is InChI=1S/C19H21F3N4O2/c1-10(12-4-6-13(7-5-12)19(20,21)22)24-17-16(14(23)9-27)18(28)26-15(25-17)8-11-2-3-11/h4-7,10-11,23,27H,2-3,8-9H2,1H3,(H2,24,25,26,28). The summed E-state index contributed by atoms with van der Waals surface area (Å²) < 4.78 is 38.2. The van der Waals surface area contributed by atoms with Gasteiger partial charge in [0.05, 0.1) is 17.9 Å². The van der Waals surface area contributed by atoms with Crippen molar-refractivity contribution in [3.8, 4) is 0 Å². The van der Waals surface area contributed by atoms with E-state index in [4.69, 9.17) is 5.41 Å². The fourth-order valence-electron chi connectivity index (χ4n) is 2.92. The van der Waals surface area contributed by atoms with Gasteiger partial charge in [0.15, 0.2) is 0 Å². The maximum Gasteiger partial charge on any atom is 0.416 e. The number of hydrogen-bond donors (Lipinski definition) is 4. The van der Waals surface area contributed by atoms with Crippen LogP contribution in [0.3, 0.4) is 0 Å². The van der Waals surface area contributed by atoms with Crippen LogP contribution in [0.2, 0.25) is 0 Å². The summed E-state index contributed by atoms with van der Waals surface area (Å²) in [5, 5.41) is 20.1. The first-order valence-electron chi connectivity index (χ1n) is 8.94. The molecule has 9 heteroatoms. The molecule has 6 nitrogen and oxygen atoms in total. The van der Waals surface area contributed by atoms with Crippen molar-refractivity contribution in [2.45, 2.75) is 38.4 Å². The Bertz CT molecular complexity index is 918. The number of rotatable bonds is 7. The zero-order valence-electron chi connectivity index (χ0n) is 15.2. The van der Waals surface area contributed by atoms with Crippen LogP contribution in [0.4, 0.5) is 19.0 Å². The molecule has 1 aromatic carbocycles. The van der Waals surface area contributed by atoms with Crippen molar-refractivity contribution in [2.24, 2.45) is 5.92 Å². The molecular formula is C19H21F3N4O2. The first-order valence-corrected chi connectivity index (χ1v) is 8.94. The van der Waals surface area contributed by atoms with Crippen molar-refractivity contribution >= 4 is 11.5 Å². The smallest absolute Gasteiger partial charge is 0.390 e. The Hall–Kier alpha value is -2.68. The monoisotopic (exact) mass is 394 g/mol. The van der Waals surface area contributed by atoms with Crippen LogP contribution in [0.25, 0.3) is 0 Å². The summed E-state index contributed by atoms with van der Waals surface area (Å²) in [5.74, 6) is 1.11. The molecule has 1 fully saturated rings. The Morgan fingerprint density at radius 3 is 2.54 bits per heavy atom. The van der Waals surface area contributed by atoms with E-state index < -0.39 is 29.9 Å². The van der Waals surface area contributed by atoms with Crippen LogP contribution in [-0.2, 0) is 12.6 Å². The third kappa shape index (κ3) is 4.59. The fourth-order valence-corrected chi connectivity index (χ4v) is 2.92. The number of alkyl halides is 3. The lowest BCUT2D eigenvalue weighted by molar-refractivity contribution is -0.137. The average molecular weight is 394 g/mol. The number of anilines is 1. The predicted molar refractivity (Wildman–Crippen MR) is 98.7 cm³/mol. The van der Waals surface area contributed by atoms with Crippen molar-refractivity contribution in [2.75, 3.05) is 11.9 Å². The zero-order chi connectivity index (χ0) is 20.5. The SMILES string of the molecule is CC(Nc1nc(CC2CC2)[nH]c(=O)c1C(=N)CO)c1ccc(C(F)(F)F)cc1. The summed E-state index contributed by atoms with van der Waals surface area (Å²) in [7, 11) is 0. The minimum Gasteiger partial charge on any atom is -0.390 e. The van der Waals surface area contributed by atoms with Crippen LogP contribution in [-0.4, -0.2) is 27.4 Å².